The normalized spacial score (nSPS) is 24.0. The van der Waals surface area contributed by atoms with Crippen molar-refractivity contribution >= 4 is 23.3 Å². The third-order valence-corrected chi connectivity index (χ3v) is 7.20. The first kappa shape index (κ1) is 24.2. The molecule has 0 aromatic heterocycles. The molecule has 0 saturated carbocycles. The lowest BCUT2D eigenvalue weighted by Gasteiger charge is -2.37. The van der Waals surface area contributed by atoms with Crippen LogP contribution in [0, 0.1) is 5.92 Å². The Hall–Kier alpha value is -3.49. The molecule has 2 aromatic rings. The van der Waals surface area contributed by atoms with Gasteiger partial charge in [0.15, 0.2) is 5.79 Å². The first-order valence-electron chi connectivity index (χ1n) is 12.2. The molecular formula is C28H31N3O5. The molecule has 0 radical (unpaired) electrons. The predicted molar refractivity (Wildman–Crippen MR) is 136 cm³/mol. The monoisotopic (exact) mass is 489 g/mol. The number of hydrazone groups is 1. The number of fused-ring (bicyclic) bond motifs is 3. The fraction of sp³-hybridized carbons (Fsp3) is 0.393. The van der Waals surface area contributed by atoms with Gasteiger partial charge < -0.3 is 19.5 Å². The van der Waals surface area contributed by atoms with Gasteiger partial charge in [0.25, 0.3) is 0 Å². The van der Waals surface area contributed by atoms with Gasteiger partial charge in [-0.3, -0.25) is 4.79 Å². The summed E-state index contributed by atoms with van der Waals surface area (Å²) in [6.07, 6.45) is 5.58. The number of allylic oxidation sites excluding steroid dienone is 2. The van der Waals surface area contributed by atoms with Crippen molar-refractivity contribution in [3.05, 3.63) is 76.9 Å². The smallest absolute Gasteiger partial charge is 0.337 e. The molecule has 1 aliphatic carbocycles. The molecule has 0 bridgehead atoms. The van der Waals surface area contributed by atoms with Crippen molar-refractivity contribution in [3.8, 4) is 0 Å². The van der Waals surface area contributed by atoms with Crippen LogP contribution in [0.2, 0.25) is 0 Å². The van der Waals surface area contributed by atoms with Crippen molar-refractivity contribution in [1.29, 1.82) is 0 Å². The number of carbonyl (C=O) groups excluding carboxylic acids is 2. The van der Waals surface area contributed by atoms with Gasteiger partial charge in [-0.1, -0.05) is 30.4 Å². The van der Waals surface area contributed by atoms with Crippen molar-refractivity contribution in [3.63, 3.8) is 0 Å². The highest BCUT2D eigenvalue weighted by Gasteiger charge is 2.38. The van der Waals surface area contributed by atoms with E-state index in [4.69, 9.17) is 14.2 Å². The number of nitrogens with one attached hydrogen (secondary N) is 2. The Morgan fingerprint density at radius 1 is 1.14 bits per heavy atom. The SMILES string of the molecule is COC(=O)c1ccc([C@@H]2Nc3ccc(/C(C)=N/NC(=O)CC4(C)OCCO4)cc3[C@@H]3C=CC[C@@H]32)cc1. The van der Waals surface area contributed by atoms with Crippen LogP contribution < -0.4 is 10.7 Å². The fourth-order valence-corrected chi connectivity index (χ4v) is 5.29. The van der Waals surface area contributed by atoms with Crippen LogP contribution in [0.5, 0.6) is 0 Å². The van der Waals surface area contributed by atoms with Crippen molar-refractivity contribution in [2.45, 2.75) is 44.4 Å². The van der Waals surface area contributed by atoms with E-state index in [1.807, 2.05) is 37.3 Å². The Morgan fingerprint density at radius 3 is 2.58 bits per heavy atom. The van der Waals surface area contributed by atoms with E-state index in [1.54, 1.807) is 6.92 Å². The summed E-state index contributed by atoms with van der Waals surface area (Å²) in [5.74, 6) is -0.839. The number of carbonyl (C=O) groups is 2. The minimum atomic E-state index is -0.884. The summed E-state index contributed by atoms with van der Waals surface area (Å²) >= 11 is 0. The number of methoxy groups -OCH3 is 1. The lowest BCUT2D eigenvalue weighted by atomic mass is 9.76. The van der Waals surface area contributed by atoms with Gasteiger partial charge in [-0.2, -0.15) is 5.10 Å². The third kappa shape index (κ3) is 4.79. The molecule has 8 nitrogen and oxygen atoms in total. The van der Waals surface area contributed by atoms with Crippen LogP contribution in [-0.4, -0.2) is 43.7 Å². The van der Waals surface area contributed by atoms with E-state index in [9.17, 15) is 9.59 Å². The number of hydrogen-bond donors (Lipinski definition) is 2. The van der Waals surface area contributed by atoms with Crippen molar-refractivity contribution in [1.82, 2.24) is 5.43 Å². The second-order valence-electron chi connectivity index (χ2n) is 9.63. The summed E-state index contributed by atoms with van der Waals surface area (Å²) in [6, 6.07) is 14.0. The maximum absolute atomic E-state index is 12.3. The van der Waals surface area contributed by atoms with E-state index < -0.39 is 5.79 Å². The van der Waals surface area contributed by atoms with Gasteiger partial charge in [-0.15, -0.1) is 0 Å². The lowest BCUT2D eigenvalue weighted by Crippen LogP contribution is -2.33. The van der Waals surface area contributed by atoms with Crippen LogP contribution in [0.25, 0.3) is 0 Å². The highest BCUT2D eigenvalue weighted by molar-refractivity contribution is 6.00. The molecule has 0 unspecified atom stereocenters. The topological polar surface area (TPSA) is 98.2 Å². The fourth-order valence-electron chi connectivity index (χ4n) is 5.29. The zero-order valence-electron chi connectivity index (χ0n) is 20.7. The van der Waals surface area contributed by atoms with Crippen molar-refractivity contribution in [2.75, 3.05) is 25.6 Å². The Labute approximate surface area is 210 Å². The second-order valence-corrected chi connectivity index (χ2v) is 9.63. The van der Waals surface area contributed by atoms with Gasteiger partial charge in [-0.25, -0.2) is 10.2 Å². The average Bonchev–Trinajstić information content (AvgIpc) is 3.56. The summed E-state index contributed by atoms with van der Waals surface area (Å²) in [5, 5.41) is 8.04. The zero-order valence-corrected chi connectivity index (χ0v) is 20.7. The summed E-state index contributed by atoms with van der Waals surface area (Å²) in [4.78, 5) is 24.2. The maximum atomic E-state index is 12.3. The van der Waals surface area contributed by atoms with E-state index in [0.717, 1.165) is 28.9 Å². The van der Waals surface area contributed by atoms with Crippen LogP contribution in [-0.2, 0) is 19.0 Å². The van der Waals surface area contributed by atoms with Gasteiger partial charge in [0.05, 0.1) is 44.1 Å². The van der Waals surface area contributed by atoms with Crippen LogP contribution in [0.3, 0.4) is 0 Å². The van der Waals surface area contributed by atoms with Crippen LogP contribution in [0.1, 0.15) is 65.7 Å². The summed E-state index contributed by atoms with van der Waals surface area (Å²) < 4.78 is 15.8. The predicted octanol–water partition coefficient (Wildman–Crippen LogP) is 4.29. The molecule has 3 aliphatic rings. The molecule has 2 heterocycles. The quantitative estimate of drug-likeness (QED) is 0.272. The van der Waals surface area contributed by atoms with E-state index in [1.165, 1.54) is 12.7 Å². The maximum Gasteiger partial charge on any atom is 0.337 e. The number of benzene rings is 2. The van der Waals surface area contributed by atoms with Gasteiger partial charge in [0, 0.05) is 11.6 Å². The van der Waals surface area contributed by atoms with E-state index in [-0.39, 0.29) is 30.3 Å². The van der Waals surface area contributed by atoms with Crippen LogP contribution in [0.4, 0.5) is 5.69 Å². The Balaban J connectivity index is 1.32. The molecule has 2 N–H and O–H groups in total. The lowest BCUT2D eigenvalue weighted by molar-refractivity contribution is -0.159. The van der Waals surface area contributed by atoms with E-state index >= 15 is 0 Å². The van der Waals surface area contributed by atoms with E-state index in [0.29, 0.717) is 24.7 Å². The molecule has 3 atom stereocenters. The number of amides is 1. The molecule has 8 heteroatoms. The zero-order chi connectivity index (χ0) is 25.3. The summed E-state index contributed by atoms with van der Waals surface area (Å²) in [6.45, 7) is 4.63. The molecule has 2 aromatic carbocycles. The minimum Gasteiger partial charge on any atom is -0.465 e. The number of rotatable bonds is 6. The summed E-state index contributed by atoms with van der Waals surface area (Å²) in [5.41, 5.74) is 8.29. The average molecular weight is 490 g/mol. The third-order valence-electron chi connectivity index (χ3n) is 7.20. The van der Waals surface area contributed by atoms with Crippen LogP contribution >= 0.6 is 0 Å². The molecular weight excluding hydrogens is 458 g/mol. The Kier molecular flexibility index (Phi) is 6.64. The standard InChI is InChI=1S/C28H31N3O5/c1-17(30-31-25(32)16-28(2)35-13-14-36-28)20-11-12-24-23(15-20)21-5-4-6-22(21)26(29-24)18-7-9-19(10-8-18)27(33)34-3/h4-5,7-12,15,21-22,26,29H,6,13-14,16H2,1-3H3,(H,31,32)/b30-17+/t21-,22+,26+/m1/s1. The minimum absolute atomic E-state index is 0.0917. The Morgan fingerprint density at radius 2 is 1.86 bits per heavy atom. The molecule has 2 aliphatic heterocycles. The number of hydrogen-bond acceptors (Lipinski definition) is 7. The van der Waals surface area contributed by atoms with Crippen molar-refractivity contribution in [2.24, 2.45) is 11.0 Å². The first-order valence-corrected chi connectivity index (χ1v) is 12.2. The van der Waals surface area contributed by atoms with Crippen LogP contribution in [0.15, 0.2) is 59.7 Å². The molecule has 5 rings (SSSR count). The number of anilines is 1. The number of esters is 1. The van der Waals surface area contributed by atoms with Gasteiger partial charge in [-0.05, 0) is 67.1 Å². The van der Waals surface area contributed by atoms with Gasteiger partial charge in [0.2, 0.25) is 5.91 Å². The van der Waals surface area contributed by atoms with Gasteiger partial charge >= 0.3 is 5.97 Å². The number of nitrogens with zero attached hydrogens (tertiary/aromatic N) is 1. The second kappa shape index (κ2) is 9.87. The molecule has 36 heavy (non-hydrogen) atoms. The number of ether oxygens (including phenoxy) is 3. The van der Waals surface area contributed by atoms with Gasteiger partial charge in [0.1, 0.15) is 0 Å². The molecule has 1 amide bonds. The molecule has 1 saturated heterocycles. The van der Waals surface area contributed by atoms with E-state index in [2.05, 4.69) is 40.1 Å². The Bertz CT molecular complexity index is 1210. The molecule has 0 spiro atoms. The highest BCUT2D eigenvalue weighted by Crippen LogP contribution is 2.50. The summed E-state index contributed by atoms with van der Waals surface area (Å²) in [7, 11) is 1.39. The van der Waals surface area contributed by atoms with Crippen molar-refractivity contribution < 1.29 is 23.8 Å². The first-order chi connectivity index (χ1) is 17.4. The largest absolute Gasteiger partial charge is 0.465 e. The molecule has 188 valence electrons. The molecule has 1 fully saturated rings. The highest BCUT2D eigenvalue weighted by atomic mass is 16.7.